The lowest BCUT2D eigenvalue weighted by atomic mass is 10.1. The highest BCUT2D eigenvalue weighted by Gasteiger charge is 2.21. The predicted octanol–water partition coefficient (Wildman–Crippen LogP) is 4.55. The van der Waals surface area contributed by atoms with Gasteiger partial charge in [0.05, 0.1) is 5.56 Å². The zero-order chi connectivity index (χ0) is 15.7. The molecule has 0 spiro atoms. The van der Waals surface area contributed by atoms with Crippen molar-refractivity contribution < 1.29 is 4.79 Å². The van der Waals surface area contributed by atoms with Crippen molar-refractivity contribution in [3.8, 4) is 0 Å². The molecular formula is C18H30N2O. The first-order valence-corrected chi connectivity index (χ1v) is 8.29. The molecule has 3 heteroatoms. The van der Waals surface area contributed by atoms with Crippen LogP contribution in [-0.4, -0.2) is 29.9 Å². The standard InChI is InChI=1S/C18H30N2O/c1-5-8-14-20(15(4)7-3)18(21)16-11-9-10-12-17(16)19-13-6-2/h9-12,15,19H,5-8,13-14H2,1-4H3. The second-order valence-electron chi connectivity index (χ2n) is 5.58. The van der Waals surface area contributed by atoms with Gasteiger partial charge in [0.25, 0.3) is 5.91 Å². The third-order valence-electron chi connectivity index (χ3n) is 3.86. The Morgan fingerprint density at radius 1 is 1.19 bits per heavy atom. The van der Waals surface area contributed by atoms with E-state index in [1.165, 1.54) is 0 Å². The summed E-state index contributed by atoms with van der Waals surface area (Å²) in [5.74, 6) is 0.150. The van der Waals surface area contributed by atoms with Crippen LogP contribution in [-0.2, 0) is 0 Å². The Balaban J connectivity index is 2.96. The molecule has 0 fully saturated rings. The van der Waals surface area contributed by atoms with Gasteiger partial charge in [0.2, 0.25) is 0 Å². The van der Waals surface area contributed by atoms with Crippen LogP contribution in [0.4, 0.5) is 5.69 Å². The zero-order valence-corrected chi connectivity index (χ0v) is 14.0. The predicted molar refractivity (Wildman–Crippen MR) is 90.9 cm³/mol. The molecule has 0 saturated carbocycles. The molecule has 0 aliphatic heterocycles. The quantitative estimate of drug-likeness (QED) is 0.723. The monoisotopic (exact) mass is 290 g/mol. The van der Waals surface area contributed by atoms with E-state index < -0.39 is 0 Å². The van der Waals surface area contributed by atoms with Crippen LogP contribution in [0.5, 0.6) is 0 Å². The molecule has 118 valence electrons. The van der Waals surface area contributed by atoms with Crippen molar-refractivity contribution in [2.45, 2.75) is 59.4 Å². The van der Waals surface area contributed by atoms with E-state index in [9.17, 15) is 4.79 Å². The molecule has 1 rings (SSSR count). The molecule has 0 bridgehead atoms. The number of carbonyl (C=O) groups excluding carboxylic acids is 1. The van der Waals surface area contributed by atoms with Gasteiger partial charge in [-0.2, -0.15) is 0 Å². The number of nitrogens with one attached hydrogen (secondary N) is 1. The number of nitrogens with zero attached hydrogens (tertiary/aromatic N) is 1. The maximum atomic E-state index is 12.9. The summed E-state index contributed by atoms with van der Waals surface area (Å²) in [7, 11) is 0. The van der Waals surface area contributed by atoms with E-state index in [0.717, 1.165) is 50.0 Å². The summed E-state index contributed by atoms with van der Waals surface area (Å²) in [5.41, 5.74) is 1.75. The second kappa shape index (κ2) is 9.43. The Kier molecular flexibility index (Phi) is 7.88. The highest BCUT2D eigenvalue weighted by atomic mass is 16.2. The fourth-order valence-corrected chi connectivity index (χ4v) is 2.31. The number of anilines is 1. The van der Waals surface area contributed by atoms with Gasteiger partial charge in [0.1, 0.15) is 0 Å². The van der Waals surface area contributed by atoms with Gasteiger partial charge in [0.15, 0.2) is 0 Å². The average Bonchev–Trinajstić information content (AvgIpc) is 2.52. The largest absolute Gasteiger partial charge is 0.384 e. The van der Waals surface area contributed by atoms with Crippen molar-refractivity contribution in [1.82, 2.24) is 4.90 Å². The van der Waals surface area contributed by atoms with E-state index in [1.54, 1.807) is 0 Å². The molecule has 0 radical (unpaired) electrons. The first-order chi connectivity index (χ1) is 10.2. The fraction of sp³-hybridized carbons (Fsp3) is 0.611. The highest BCUT2D eigenvalue weighted by molar-refractivity contribution is 5.99. The van der Waals surface area contributed by atoms with Crippen LogP contribution in [0.15, 0.2) is 24.3 Å². The third-order valence-corrected chi connectivity index (χ3v) is 3.86. The normalized spacial score (nSPS) is 12.0. The van der Waals surface area contributed by atoms with Crippen molar-refractivity contribution in [2.24, 2.45) is 0 Å². The molecular weight excluding hydrogens is 260 g/mol. The molecule has 0 aliphatic rings. The third kappa shape index (κ3) is 5.07. The Morgan fingerprint density at radius 2 is 1.90 bits per heavy atom. The number of unbranched alkanes of at least 4 members (excludes halogenated alkanes) is 1. The summed E-state index contributed by atoms with van der Waals surface area (Å²) in [4.78, 5) is 14.9. The van der Waals surface area contributed by atoms with E-state index in [4.69, 9.17) is 0 Å². The summed E-state index contributed by atoms with van der Waals surface area (Å²) in [6.45, 7) is 10.3. The maximum Gasteiger partial charge on any atom is 0.256 e. The number of hydrogen-bond donors (Lipinski definition) is 1. The first-order valence-electron chi connectivity index (χ1n) is 8.29. The van der Waals surface area contributed by atoms with E-state index >= 15 is 0 Å². The van der Waals surface area contributed by atoms with Crippen molar-refractivity contribution in [3.05, 3.63) is 29.8 Å². The van der Waals surface area contributed by atoms with Gasteiger partial charge in [0, 0.05) is 24.8 Å². The minimum absolute atomic E-state index is 0.150. The molecule has 1 unspecified atom stereocenters. The van der Waals surface area contributed by atoms with E-state index in [0.29, 0.717) is 0 Å². The Bertz CT molecular complexity index is 431. The first kappa shape index (κ1) is 17.5. The highest BCUT2D eigenvalue weighted by Crippen LogP contribution is 2.20. The average molecular weight is 290 g/mol. The summed E-state index contributed by atoms with van der Waals surface area (Å²) in [6, 6.07) is 8.13. The molecule has 1 aromatic rings. The Morgan fingerprint density at radius 3 is 2.52 bits per heavy atom. The summed E-state index contributed by atoms with van der Waals surface area (Å²) >= 11 is 0. The van der Waals surface area contributed by atoms with Crippen LogP contribution in [0.3, 0.4) is 0 Å². The molecule has 0 saturated heterocycles. The van der Waals surface area contributed by atoms with Gasteiger partial charge in [-0.3, -0.25) is 4.79 Å². The topological polar surface area (TPSA) is 32.3 Å². The molecule has 1 atom stereocenters. The summed E-state index contributed by atoms with van der Waals surface area (Å²) < 4.78 is 0. The molecule has 0 aliphatic carbocycles. The van der Waals surface area contributed by atoms with Crippen molar-refractivity contribution in [1.29, 1.82) is 0 Å². The van der Waals surface area contributed by atoms with Crippen molar-refractivity contribution >= 4 is 11.6 Å². The van der Waals surface area contributed by atoms with Crippen LogP contribution >= 0.6 is 0 Å². The molecule has 1 aromatic carbocycles. The molecule has 21 heavy (non-hydrogen) atoms. The van der Waals surface area contributed by atoms with Crippen molar-refractivity contribution in [3.63, 3.8) is 0 Å². The van der Waals surface area contributed by atoms with Gasteiger partial charge in [-0.1, -0.05) is 39.3 Å². The van der Waals surface area contributed by atoms with Gasteiger partial charge in [-0.05, 0) is 38.3 Å². The summed E-state index contributed by atoms with van der Waals surface area (Å²) in [6.07, 6.45) is 4.20. The number of benzene rings is 1. The van der Waals surface area contributed by atoms with E-state index in [-0.39, 0.29) is 11.9 Å². The minimum atomic E-state index is 0.150. The molecule has 1 N–H and O–H groups in total. The molecule has 1 amide bonds. The number of para-hydroxylation sites is 1. The van der Waals surface area contributed by atoms with Crippen LogP contribution < -0.4 is 5.32 Å². The number of amides is 1. The molecule has 0 aromatic heterocycles. The van der Waals surface area contributed by atoms with Gasteiger partial charge in [-0.25, -0.2) is 0 Å². The Labute approximate surface area is 129 Å². The lowest BCUT2D eigenvalue weighted by molar-refractivity contribution is 0.0686. The maximum absolute atomic E-state index is 12.9. The fourth-order valence-electron chi connectivity index (χ4n) is 2.31. The van der Waals surface area contributed by atoms with Gasteiger partial charge >= 0.3 is 0 Å². The van der Waals surface area contributed by atoms with Crippen LogP contribution in [0.2, 0.25) is 0 Å². The van der Waals surface area contributed by atoms with E-state index in [2.05, 4.69) is 33.0 Å². The SMILES string of the molecule is CCCCN(C(=O)c1ccccc1NCCC)C(C)CC. The minimum Gasteiger partial charge on any atom is -0.384 e. The second-order valence-corrected chi connectivity index (χ2v) is 5.58. The Hall–Kier alpha value is -1.51. The lowest BCUT2D eigenvalue weighted by Crippen LogP contribution is -2.39. The number of carbonyl (C=O) groups is 1. The molecule has 3 nitrogen and oxygen atoms in total. The smallest absolute Gasteiger partial charge is 0.256 e. The number of rotatable bonds is 9. The van der Waals surface area contributed by atoms with Gasteiger partial charge in [-0.15, -0.1) is 0 Å². The van der Waals surface area contributed by atoms with Crippen molar-refractivity contribution in [2.75, 3.05) is 18.4 Å². The summed E-state index contributed by atoms with van der Waals surface area (Å²) in [5, 5.41) is 3.36. The zero-order valence-electron chi connectivity index (χ0n) is 14.0. The van der Waals surface area contributed by atoms with Crippen LogP contribution in [0.1, 0.15) is 63.7 Å². The lowest BCUT2D eigenvalue weighted by Gasteiger charge is -2.29. The van der Waals surface area contributed by atoms with Crippen LogP contribution in [0.25, 0.3) is 0 Å². The van der Waals surface area contributed by atoms with Gasteiger partial charge < -0.3 is 10.2 Å². The molecule has 0 heterocycles. The number of hydrogen-bond acceptors (Lipinski definition) is 2. The van der Waals surface area contributed by atoms with Crippen LogP contribution in [0, 0.1) is 0 Å². The van der Waals surface area contributed by atoms with E-state index in [1.807, 2.05) is 29.2 Å².